The van der Waals surface area contributed by atoms with Gasteiger partial charge in [-0.1, -0.05) is 60.5 Å². The van der Waals surface area contributed by atoms with Crippen LogP contribution in [0.25, 0.3) is 21.9 Å². The van der Waals surface area contributed by atoms with E-state index in [9.17, 15) is 0 Å². The Labute approximate surface area is 114 Å². The van der Waals surface area contributed by atoms with Gasteiger partial charge in [-0.15, -0.1) is 0 Å². The first-order valence-electron chi connectivity index (χ1n) is 8.10. The van der Waals surface area contributed by atoms with Gasteiger partial charge in [0.25, 0.3) is 0 Å². The number of methoxy groups -OCH3 is 1. The molecule has 0 fully saturated rings. The van der Waals surface area contributed by atoms with E-state index < -0.39 is 0 Å². The molecule has 0 aliphatic heterocycles. The summed E-state index contributed by atoms with van der Waals surface area (Å²) in [6, 6.07) is 9.48. The second-order valence-corrected chi connectivity index (χ2v) is 3.86. The minimum Gasteiger partial charge on any atom is -0.496 e. The maximum absolute atomic E-state index is 8.14. The van der Waals surface area contributed by atoms with Gasteiger partial charge in [0, 0.05) is 5.39 Å². The van der Waals surface area contributed by atoms with Crippen molar-refractivity contribution >= 4 is 10.8 Å². The molecule has 0 heterocycles. The van der Waals surface area contributed by atoms with E-state index in [-0.39, 0.29) is 35.8 Å². The molecule has 0 spiro atoms. The van der Waals surface area contributed by atoms with E-state index in [1.54, 1.807) is 19.2 Å². The lowest BCUT2D eigenvalue weighted by Gasteiger charge is -2.10. The molecule has 3 aromatic carbocycles. The summed E-state index contributed by atoms with van der Waals surface area (Å²) in [5.41, 5.74) is 0.799. The van der Waals surface area contributed by atoms with E-state index in [1.807, 2.05) is 24.3 Å². The van der Waals surface area contributed by atoms with Crippen molar-refractivity contribution in [3.05, 3.63) is 66.6 Å². The van der Waals surface area contributed by atoms with Gasteiger partial charge in [-0.05, 0) is 22.6 Å². The molecule has 3 aromatic rings. The van der Waals surface area contributed by atoms with Crippen molar-refractivity contribution in [1.29, 1.82) is 0 Å². The molecule has 0 saturated carbocycles. The summed E-state index contributed by atoms with van der Waals surface area (Å²) in [6.45, 7) is 0. The summed E-state index contributed by atoms with van der Waals surface area (Å²) < 4.78 is 45.0. The van der Waals surface area contributed by atoms with E-state index in [1.165, 1.54) is 0 Å². The fourth-order valence-electron chi connectivity index (χ4n) is 2.05. The van der Waals surface area contributed by atoms with E-state index in [2.05, 4.69) is 0 Å². The van der Waals surface area contributed by atoms with Crippen molar-refractivity contribution < 1.29 is 11.6 Å². The van der Waals surface area contributed by atoms with Crippen molar-refractivity contribution in [3.8, 4) is 16.9 Å². The molecule has 0 aliphatic carbocycles. The molecule has 1 heteroatoms. The SMILES string of the molecule is [2H]c1c([2H])c([2H])c(-c2ccc(OC)c3ccccc23)c([2H])c1[2H]. The third kappa shape index (κ3) is 1.74. The van der Waals surface area contributed by atoms with Crippen molar-refractivity contribution in [2.75, 3.05) is 7.11 Å². The maximum atomic E-state index is 8.14. The van der Waals surface area contributed by atoms with E-state index >= 15 is 0 Å². The van der Waals surface area contributed by atoms with Crippen LogP contribution in [-0.2, 0) is 0 Å². The lowest BCUT2D eigenvalue weighted by Crippen LogP contribution is -1.87. The fraction of sp³-hybridized carbons (Fsp3) is 0.0588. The lowest BCUT2D eigenvalue weighted by atomic mass is 9.98. The smallest absolute Gasteiger partial charge is 0.126 e. The van der Waals surface area contributed by atoms with Gasteiger partial charge in [0.2, 0.25) is 0 Å². The number of ether oxygens (including phenoxy) is 1. The molecule has 0 radical (unpaired) electrons. The van der Waals surface area contributed by atoms with Crippen LogP contribution < -0.4 is 4.74 Å². The van der Waals surface area contributed by atoms with Crippen LogP contribution in [0, 0.1) is 0 Å². The van der Waals surface area contributed by atoms with Crippen molar-refractivity contribution in [2.24, 2.45) is 0 Å². The van der Waals surface area contributed by atoms with Crippen LogP contribution in [0.4, 0.5) is 0 Å². The average Bonchev–Trinajstić information content (AvgIpc) is 2.58. The van der Waals surface area contributed by atoms with Gasteiger partial charge in [-0.2, -0.15) is 0 Å². The van der Waals surface area contributed by atoms with Crippen LogP contribution in [0.3, 0.4) is 0 Å². The molecular formula is C17H14O. The number of fused-ring (bicyclic) bond motifs is 1. The quantitative estimate of drug-likeness (QED) is 0.639. The molecular weight excluding hydrogens is 220 g/mol. The third-order valence-electron chi connectivity index (χ3n) is 2.87. The van der Waals surface area contributed by atoms with Crippen molar-refractivity contribution in [2.45, 2.75) is 0 Å². The average molecular weight is 239 g/mol. The Morgan fingerprint density at radius 2 is 1.61 bits per heavy atom. The van der Waals surface area contributed by atoms with Crippen LogP contribution in [0.2, 0.25) is 0 Å². The first-order chi connectivity index (χ1) is 11.0. The molecule has 1 nitrogen and oxygen atoms in total. The first-order valence-corrected chi connectivity index (χ1v) is 5.60. The molecule has 0 amide bonds. The Balaban J connectivity index is 2.44. The summed E-state index contributed by atoms with van der Waals surface area (Å²) in [6.07, 6.45) is 0. The molecule has 18 heavy (non-hydrogen) atoms. The number of benzene rings is 3. The standard InChI is InChI=1S/C17H14O/c1-18-17-12-11-14(13-7-3-2-4-8-13)15-9-5-6-10-16(15)17/h2-12H,1H3/i2D,3D,4D,7D,8D. The monoisotopic (exact) mass is 239 g/mol. The largest absolute Gasteiger partial charge is 0.496 e. The van der Waals surface area contributed by atoms with Gasteiger partial charge < -0.3 is 4.74 Å². The van der Waals surface area contributed by atoms with Gasteiger partial charge in [-0.3, -0.25) is 0 Å². The van der Waals surface area contributed by atoms with Crippen LogP contribution in [0.5, 0.6) is 5.75 Å². The summed E-state index contributed by atoms with van der Waals surface area (Å²) >= 11 is 0. The van der Waals surface area contributed by atoms with E-state index in [0.717, 1.165) is 10.8 Å². The summed E-state index contributed by atoms with van der Waals surface area (Å²) in [5.74, 6) is 0.678. The molecule has 0 aromatic heterocycles. The Morgan fingerprint density at radius 3 is 2.33 bits per heavy atom. The minimum atomic E-state index is -0.387. The topological polar surface area (TPSA) is 9.23 Å². The maximum Gasteiger partial charge on any atom is 0.126 e. The minimum absolute atomic E-state index is 0.202. The Morgan fingerprint density at radius 1 is 0.889 bits per heavy atom. The van der Waals surface area contributed by atoms with Crippen molar-refractivity contribution in [1.82, 2.24) is 0 Å². The molecule has 0 atom stereocenters. The zero-order valence-corrected chi connectivity index (χ0v) is 9.87. The first kappa shape index (κ1) is 6.60. The Kier molecular flexibility index (Phi) is 1.66. The number of hydrogen-bond acceptors (Lipinski definition) is 1. The zero-order chi connectivity index (χ0) is 16.7. The summed E-state index contributed by atoms with van der Waals surface area (Å²) in [5, 5.41) is 1.62. The van der Waals surface area contributed by atoms with E-state index in [0.29, 0.717) is 11.3 Å². The predicted molar refractivity (Wildman–Crippen MR) is 75.9 cm³/mol. The molecule has 0 saturated heterocycles. The normalized spacial score (nSPS) is 14.4. The molecule has 0 N–H and O–H groups in total. The van der Waals surface area contributed by atoms with Gasteiger partial charge >= 0.3 is 0 Å². The highest BCUT2D eigenvalue weighted by Gasteiger charge is 2.06. The van der Waals surface area contributed by atoms with Crippen LogP contribution in [0.1, 0.15) is 6.85 Å². The molecule has 3 rings (SSSR count). The van der Waals surface area contributed by atoms with Crippen LogP contribution in [0.15, 0.2) is 66.6 Å². The highest BCUT2D eigenvalue weighted by atomic mass is 16.5. The second-order valence-electron chi connectivity index (χ2n) is 3.86. The van der Waals surface area contributed by atoms with E-state index in [4.69, 9.17) is 11.6 Å². The Hall–Kier alpha value is -2.28. The van der Waals surface area contributed by atoms with Crippen molar-refractivity contribution in [3.63, 3.8) is 0 Å². The molecule has 0 aliphatic rings. The third-order valence-corrected chi connectivity index (χ3v) is 2.87. The number of hydrogen-bond donors (Lipinski definition) is 0. The molecule has 88 valence electrons. The number of rotatable bonds is 2. The second kappa shape index (κ2) is 4.53. The zero-order valence-electron chi connectivity index (χ0n) is 14.9. The summed E-state index contributed by atoms with van der Waals surface area (Å²) in [4.78, 5) is 0. The van der Waals surface area contributed by atoms with Gasteiger partial charge in [0.1, 0.15) is 5.75 Å². The van der Waals surface area contributed by atoms with Gasteiger partial charge in [0.15, 0.2) is 0 Å². The van der Waals surface area contributed by atoms with Crippen LogP contribution in [-0.4, -0.2) is 7.11 Å². The fourth-order valence-corrected chi connectivity index (χ4v) is 2.05. The predicted octanol–water partition coefficient (Wildman–Crippen LogP) is 4.52. The lowest BCUT2D eigenvalue weighted by molar-refractivity contribution is 0.420. The molecule has 0 bridgehead atoms. The summed E-state index contributed by atoms with van der Waals surface area (Å²) in [7, 11) is 1.58. The van der Waals surface area contributed by atoms with Crippen LogP contribution >= 0.6 is 0 Å². The van der Waals surface area contributed by atoms with Gasteiger partial charge in [-0.25, -0.2) is 0 Å². The van der Waals surface area contributed by atoms with Gasteiger partial charge in [0.05, 0.1) is 14.0 Å². The highest BCUT2D eigenvalue weighted by Crippen LogP contribution is 2.33. The molecule has 0 unspecified atom stereocenters. The Bertz CT molecular complexity index is 891. The highest BCUT2D eigenvalue weighted by molar-refractivity contribution is 6.00.